The molecule has 188 valence electrons. The average molecular weight is 496 g/mol. The zero-order chi connectivity index (χ0) is 25.9. The number of carbonyl (C=O) groups is 1. The van der Waals surface area contributed by atoms with Crippen LogP contribution in [-0.4, -0.2) is 25.7 Å². The topological polar surface area (TPSA) is 72.9 Å². The van der Waals surface area contributed by atoms with E-state index in [1.807, 2.05) is 43.3 Å². The SMILES string of the molecule is C=C(C)C(=O)OCCN(CC)c1ccc2oc(=O)c3ccccc3c3c(oc2c1)C=CC1=CC=CCC13. The lowest BCUT2D eigenvalue weighted by Crippen LogP contribution is -2.28. The Balaban J connectivity index is 1.68. The molecule has 0 saturated carbocycles. The van der Waals surface area contributed by atoms with E-state index in [1.165, 1.54) is 5.57 Å². The number of anilines is 1. The van der Waals surface area contributed by atoms with Gasteiger partial charge in [-0.05, 0) is 55.5 Å². The van der Waals surface area contributed by atoms with Crippen LogP contribution in [0.2, 0.25) is 0 Å². The first-order chi connectivity index (χ1) is 18.0. The molecule has 2 aromatic carbocycles. The van der Waals surface area contributed by atoms with E-state index >= 15 is 0 Å². The molecule has 37 heavy (non-hydrogen) atoms. The highest BCUT2D eigenvalue weighted by Gasteiger charge is 2.25. The van der Waals surface area contributed by atoms with Crippen LogP contribution in [0.3, 0.4) is 0 Å². The predicted octanol–water partition coefficient (Wildman–Crippen LogP) is 6.61. The first kappa shape index (κ1) is 24.4. The normalized spacial score (nSPS) is 15.5. The molecule has 1 unspecified atom stereocenters. The number of nitrogens with zero attached hydrogens (tertiary/aromatic N) is 1. The predicted molar refractivity (Wildman–Crippen MR) is 147 cm³/mol. The summed E-state index contributed by atoms with van der Waals surface area (Å²) in [6.07, 6.45) is 11.2. The summed E-state index contributed by atoms with van der Waals surface area (Å²) in [7, 11) is 0. The Kier molecular flexibility index (Phi) is 6.82. The largest absolute Gasteiger partial charge is 0.460 e. The Bertz CT molecular complexity index is 1600. The van der Waals surface area contributed by atoms with E-state index in [0.29, 0.717) is 41.0 Å². The van der Waals surface area contributed by atoms with Crippen molar-refractivity contribution >= 4 is 39.7 Å². The lowest BCUT2D eigenvalue weighted by atomic mass is 9.80. The zero-order valence-corrected chi connectivity index (χ0v) is 21.0. The number of allylic oxidation sites excluding steroid dienone is 5. The maximum absolute atomic E-state index is 13.3. The van der Waals surface area contributed by atoms with Gasteiger partial charge in [0, 0.05) is 35.4 Å². The fourth-order valence-electron chi connectivity index (χ4n) is 4.81. The van der Waals surface area contributed by atoms with Crippen molar-refractivity contribution in [3.8, 4) is 0 Å². The lowest BCUT2D eigenvalue weighted by molar-refractivity contribution is -0.138. The molecule has 3 aromatic rings. The number of ether oxygens (including phenoxy) is 1. The number of hydrogen-bond acceptors (Lipinski definition) is 6. The van der Waals surface area contributed by atoms with Gasteiger partial charge in [-0.15, -0.1) is 0 Å². The Morgan fingerprint density at radius 1 is 1.11 bits per heavy atom. The molecular formula is C31H29NO5. The molecule has 5 rings (SSSR count). The van der Waals surface area contributed by atoms with Gasteiger partial charge in [-0.1, -0.05) is 49.1 Å². The minimum atomic E-state index is -0.424. The molecule has 2 aliphatic carbocycles. The fourth-order valence-corrected chi connectivity index (χ4v) is 4.81. The molecule has 0 amide bonds. The number of benzene rings is 2. The Labute approximate surface area is 215 Å². The molecule has 0 bridgehead atoms. The summed E-state index contributed by atoms with van der Waals surface area (Å²) in [4.78, 5) is 27.2. The van der Waals surface area contributed by atoms with Crippen LogP contribution in [0, 0.1) is 0 Å². The van der Waals surface area contributed by atoms with E-state index in [0.717, 1.165) is 23.1 Å². The van der Waals surface area contributed by atoms with Gasteiger partial charge >= 0.3 is 11.6 Å². The third-order valence-corrected chi connectivity index (χ3v) is 6.72. The van der Waals surface area contributed by atoms with Crippen molar-refractivity contribution in [2.24, 2.45) is 0 Å². The van der Waals surface area contributed by atoms with Gasteiger partial charge in [0.1, 0.15) is 12.4 Å². The smallest absolute Gasteiger partial charge is 0.344 e. The van der Waals surface area contributed by atoms with Gasteiger partial charge in [0.05, 0.1) is 11.9 Å². The number of likely N-dealkylation sites (N-methyl/N-ethyl adjacent to an activating group) is 1. The molecule has 1 heterocycles. The number of carbonyl (C=O) groups excluding carboxylic acids is 1. The standard InChI is InChI=1S/C31H29NO5/c1-4-32(17-18-35-30(33)20(2)3)22-14-16-26-28(19-22)36-27-15-13-21-9-5-6-10-23(21)29(27)24-11-7-8-12-25(24)31(34)37-26/h5-9,11-16,19,23H,2,4,10,17-18H2,1,3H3. The molecule has 6 heteroatoms. The molecule has 0 fully saturated rings. The highest BCUT2D eigenvalue weighted by atomic mass is 16.5. The van der Waals surface area contributed by atoms with Gasteiger partial charge in [-0.2, -0.15) is 0 Å². The number of hydrogen-bond donors (Lipinski definition) is 0. The minimum absolute atomic E-state index is 0.0822. The first-order valence-corrected chi connectivity index (χ1v) is 12.5. The van der Waals surface area contributed by atoms with Gasteiger partial charge in [-0.3, -0.25) is 0 Å². The fraction of sp³-hybridized carbons (Fsp3) is 0.226. The third-order valence-electron chi connectivity index (χ3n) is 6.72. The summed E-state index contributed by atoms with van der Waals surface area (Å²) < 4.78 is 17.7. The Morgan fingerprint density at radius 3 is 2.70 bits per heavy atom. The van der Waals surface area contributed by atoms with Gasteiger partial charge in [0.15, 0.2) is 11.2 Å². The maximum Gasteiger partial charge on any atom is 0.344 e. The van der Waals surface area contributed by atoms with Crippen LogP contribution in [0.15, 0.2) is 98.1 Å². The van der Waals surface area contributed by atoms with Crippen molar-refractivity contribution in [3.63, 3.8) is 0 Å². The van der Waals surface area contributed by atoms with Crippen LogP contribution in [-0.2, 0) is 9.53 Å². The van der Waals surface area contributed by atoms with E-state index in [4.69, 9.17) is 13.6 Å². The Morgan fingerprint density at radius 2 is 1.92 bits per heavy atom. The van der Waals surface area contributed by atoms with Gasteiger partial charge in [0.25, 0.3) is 0 Å². The second-order valence-corrected chi connectivity index (χ2v) is 9.16. The third kappa shape index (κ3) is 4.87. The molecule has 6 nitrogen and oxygen atoms in total. The van der Waals surface area contributed by atoms with Crippen LogP contribution < -0.4 is 10.5 Å². The summed E-state index contributed by atoms with van der Waals surface area (Å²) >= 11 is 0. The van der Waals surface area contributed by atoms with Crippen LogP contribution in [0.5, 0.6) is 0 Å². The first-order valence-electron chi connectivity index (χ1n) is 12.5. The molecule has 1 atom stereocenters. The van der Waals surface area contributed by atoms with E-state index in [9.17, 15) is 9.59 Å². The lowest BCUT2D eigenvalue weighted by Gasteiger charge is -2.25. The van der Waals surface area contributed by atoms with Crippen LogP contribution in [0.25, 0.3) is 28.0 Å². The number of rotatable bonds is 6. The molecule has 2 aliphatic rings. The molecule has 0 saturated heterocycles. The summed E-state index contributed by atoms with van der Waals surface area (Å²) in [6, 6.07) is 13.0. The Hall–Kier alpha value is -4.32. The summed E-state index contributed by atoms with van der Waals surface area (Å²) in [5, 5.41) is 1.33. The van der Waals surface area contributed by atoms with Gasteiger partial charge in [0.2, 0.25) is 0 Å². The van der Waals surface area contributed by atoms with Crippen molar-refractivity contribution in [2.45, 2.75) is 26.2 Å². The molecule has 0 spiro atoms. The molecule has 0 N–H and O–H groups in total. The van der Waals surface area contributed by atoms with Crippen molar-refractivity contribution in [3.05, 3.63) is 106 Å². The minimum Gasteiger partial charge on any atom is -0.460 e. The monoisotopic (exact) mass is 495 g/mol. The maximum atomic E-state index is 13.3. The second-order valence-electron chi connectivity index (χ2n) is 9.16. The summed E-state index contributed by atoms with van der Waals surface area (Å²) in [5.74, 6) is 0.369. The summed E-state index contributed by atoms with van der Waals surface area (Å²) in [6.45, 7) is 8.67. The van der Waals surface area contributed by atoms with Crippen LogP contribution in [0.4, 0.5) is 5.69 Å². The highest BCUT2D eigenvalue weighted by Crippen LogP contribution is 2.41. The molecule has 1 aromatic heterocycles. The molecule has 0 radical (unpaired) electrons. The van der Waals surface area contributed by atoms with Crippen LogP contribution in [0.1, 0.15) is 37.5 Å². The molecule has 0 aliphatic heterocycles. The van der Waals surface area contributed by atoms with Crippen molar-refractivity contribution < 1.29 is 18.4 Å². The van der Waals surface area contributed by atoms with Crippen molar-refractivity contribution in [1.82, 2.24) is 0 Å². The van der Waals surface area contributed by atoms with E-state index in [2.05, 4.69) is 35.8 Å². The highest BCUT2D eigenvalue weighted by molar-refractivity contribution is 5.89. The van der Waals surface area contributed by atoms with Crippen molar-refractivity contribution in [2.75, 3.05) is 24.6 Å². The van der Waals surface area contributed by atoms with Gasteiger partial charge in [-0.25, -0.2) is 9.59 Å². The van der Waals surface area contributed by atoms with Gasteiger partial charge < -0.3 is 18.5 Å². The summed E-state index contributed by atoms with van der Waals surface area (Å²) in [5.41, 5.74) is 3.77. The number of fused-ring (bicyclic) bond motifs is 6. The molecular weight excluding hydrogens is 466 g/mol. The quantitative estimate of drug-likeness (QED) is 0.283. The second kappa shape index (κ2) is 10.3. The number of esters is 1. The van der Waals surface area contributed by atoms with Crippen molar-refractivity contribution in [1.29, 1.82) is 0 Å². The van der Waals surface area contributed by atoms with Crippen LogP contribution >= 0.6 is 0 Å². The van der Waals surface area contributed by atoms with E-state index < -0.39 is 11.6 Å². The average Bonchev–Trinajstić information content (AvgIpc) is 2.96. The van der Waals surface area contributed by atoms with E-state index in [-0.39, 0.29) is 12.5 Å². The zero-order valence-electron chi connectivity index (χ0n) is 21.0. The van der Waals surface area contributed by atoms with E-state index in [1.54, 1.807) is 19.1 Å².